The molecule has 0 amide bonds. The molecule has 3 N–H and O–H groups in total. The number of carbonyl (C=O) groups is 1. The second kappa shape index (κ2) is 4.09. The summed E-state index contributed by atoms with van der Waals surface area (Å²) in [5.41, 5.74) is 1.72. The predicted octanol–water partition coefficient (Wildman–Crippen LogP) is -0.0297. The smallest absolute Gasteiger partial charge is 0.356 e. The fourth-order valence-corrected chi connectivity index (χ4v) is 1.96. The van der Waals surface area contributed by atoms with E-state index in [-0.39, 0.29) is 5.69 Å². The summed E-state index contributed by atoms with van der Waals surface area (Å²) in [6.45, 7) is 1.26. The van der Waals surface area contributed by atoms with E-state index in [2.05, 4.69) is 15.5 Å². The highest BCUT2D eigenvalue weighted by atomic mass is 32.1. The van der Waals surface area contributed by atoms with Crippen molar-refractivity contribution in [2.75, 3.05) is 13.6 Å². The van der Waals surface area contributed by atoms with Crippen LogP contribution in [-0.4, -0.2) is 44.9 Å². The van der Waals surface area contributed by atoms with Gasteiger partial charge in [0.05, 0.1) is 0 Å². The van der Waals surface area contributed by atoms with Crippen LogP contribution in [0.1, 0.15) is 21.7 Å². The van der Waals surface area contributed by atoms with Gasteiger partial charge in [-0.2, -0.15) is 5.10 Å². The first kappa shape index (κ1) is 10.9. The molecule has 86 valence electrons. The number of thiocarbonyl (C=S) groups is 1. The number of nitrogens with one attached hydrogen (secondary N) is 2. The molecule has 0 radical (unpaired) electrons. The van der Waals surface area contributed by atoms with E-state index in [4.69, 9.17) is 17.3 Å². The lowest BCUT2D eigenvalue weighted by atomic mass is 10.1. The Morgan fingerprint density at radius 2 is 2.44 bits per heavy atom. The van der Waals surface area contributed by atoms with Gasteiger partial charge in [0.25, 0.3) is 0 Å². The summed E-state index contributed by atoms with van der Waals surface area (Å²) in [5, 5.41) is 19.0. The van der Waals surface area contributed by atoms with Crippen LogP contribution in [0.3, 0.4) is 0 Å². The minimum absolute atomic E-state index is 0.0959. The first-order valence-electron chi connectivity index (χ1n) is 4.89. The van der Waals surface area contributed by atoms with E-state index >= 15 is 0 Å². The van der Waals surface area contributed by atoms with Gasteiger partial charge in [-0.05, 0) is 12.2 Å². The Morgan fingerprint density at radius 1 is 1.69 bits per heavy atom. The number of H-pyrrole nitrogens is 1. The molecule has 0 aliphatic carbocycles. The lowest BCUT2D eigenvalue weighted by molar-refractivity contribution is 0.0688. The van der Waals surface area contributed by atoms with Gasteiger partial charge in [0.2, 0.25) is 0 Å². The SMILES string of the molecule is CNC(=S)N1CCc2[nH]nc(C(=O)O)c2C1. The third-order valence-electron chi connectivity index (χ3n) is 2.64. The minimum Gasteiger partial charge on any atom is -0.476 e. The molecule has 0 unspecified atom stereocenters. The molecule has 0 saturated carbocycles. The van der Waals surface area contributed by atoms with E-state index in [1.54, 1.807) is 7.05 Å². The number of aromatic carboxylic acids is 1. The number of rotatable bonds is 1. The van der Waals surface area contributed by atoms with Gasteiger partial charge < -0.3 is 15.3 Å². The van der Waals surface area contributed by atoms with Crippen molar-refractivity contribution < 1.29 is 9.90 Å². The lowest BCUT2D eigenvalue weighted by Crippen LogP contribution is -2.41. The Balaban J connectivity index is 2.27. The third-order valence-corrected chi connectivity index (χ3v) is 3.10. The lowest BCUT2D eigenvalue weighted by Gasteiger charge is -2.28. The summed E-state index contributed by atoms with van der Waals surface area (Å²) in [5.74, 6) is -1.00. The zero-order valence-electron chi connectivity index (χ0n) is 8.78. The predicted molar refractivity (Wildman–Crippen MR) is 61.3 cm³/mol. The van der Waals surface area contributed by atoms with Gasteiger partial charge in [-0.25, -0.2) is 4.79 Å². The largest absolute Gasteiger partial charge is 0.476 e. The number of hydrogen-bond donors (Lipinski definition) is 3. The fourth-order valence-electron chi connectivity index (χ4n) is 1.80. The van der Waals surface area contributed by atoms with Gasteiger partial charge >= 0.3 is 5.97 Å². The van der Waals surface area contributed by atoms with Crippen molar-refractivity contribution in [3.05, 3.63) is 17.0 Å². The highest BCUT2D eigenvalue weighted by Crippen LogP contribution is 2.20. The van der Waals surface area contributed by atoms with Gasteiger partial charge in [0, 0.05) is 37.8 Å². The van der Waals surface area contributed by atoms with Crippen LogP contribution in [0.25, 0.3) is 0 Å². The van der Waals surface area contributed by atoms with E-state index in [1.807, 2.05) is 4.90 Å². The van der Waals surface area contributed by atoms with Crippen LogP contribution in [-0.2, 0) is 13.0 Å². The van der Waals surface area contributed by atoms with Crippen LogP contribution in [0.2, 0.25) is 0 Å². The number of hydrogen-bond acceptors (Lipinski definition) is 3. The number of carboxylic acid groups (broad SMARTS) is 1. The van der Waals surface area contributed by atoms with Crippen LogP contribution < -0.4 is 5.32 Å². The molecule has 16 heavy (non-hydrogen) atoms. The zero-order valence-corrected chi connectivity index (χ0v) is 9.60. The molecule has 7 heteroatoms. The number of fused-ring (bicyclic) bond motifs is 1. The van der Waals surface area contributed by atoms with E-state index in [0.717, 1.165) is 24.2 Å². The minimum atomic E-state index is -1.00. The molecule has 0 fully saturated rings. The molecule has 2 heterocycles. The van der Waals surface area contributed by atoms with Crippen molar-refractivity contribution in [2.45, 2.75) is 13.0 Å². The van der Waals surface area contributed by atoms with Crippen LogP contribution >= 0.6 is 12.2 Å². The van der Waals surface area contributed by atoms with Crippen molar-refractivity contribution in [3.8, 4) is 0 Å². The maximum Gasteiger partial charge on any atom is 0.356 e. The molecule has 2 rings (SSSR count). The van der Waals surface area contributed by atoms with Crippen molar-refractivity contribution >= 4 is 23.3 Å². The Kier molecular flexibility index (Phi) is 2.78. The zero-order chi connectivity index (χ0) is 11.7. The van der Waals surface area contributed by atoms with Crippen LogP contribution in [0.15, 0.2) is 0 Å². The molecular weight excluding hydrogens is 228 g/mol. The average Bonchev–Trinajstić information content (AvgIpc) is 2.70. The topological polar surface area (TPSA) is 81.2 Å². The third kappa shape index (κ3) is 1.73. The van der Waals surface area contributed by atoms with Gasteiger partial charge in [-0.15, -0.1) is 0 Å². The Bertz CT molecular complexity index is 443. The first-order chi connectivity index (χ1) is 7.63. The van der Waals surface area contributed by atoms with Crippen molar-refractivity contribution in [3.63, 3.8) is 0 Å². The summed E-state index contributed by atoms with van der Waals surface area (Å²) >= 11 is 5.12. The molecule has 0 saturated heterocycles. The summed E-state index contributed by atoms with van der Waals surface area (Å²) in [4.78, 5) is 12.9. The molecular formula is C9H12N4O2S. The maximum atomic E-state index is 10.9. The van der Waals surface area contributed by atoms with Crippen LogP contribution in [0.4, 0.5) is 0 Å². The number of carboxylic acids is 1. The summed E-state index contributed by atoms with van der Waals surface area (Å²) in [6, 6.07) is 0. The Morgan fingerprint density at radius 3 is 3.06 bits per heavy atom. The van der Waals surface area contributed by atoms with Gasteiger partial charge in [-0.3, -0.25) is 5.10 Å². The highest BCUT2D eigenvalue weighted by Gasteiger charge is 2.25. The normalized spacial score (nSPS) is 14.4. The number of aromatic nitrogens is 2. The second-order valence-corrected chi connectivity index (χ2v) is 3.95. The summed E-state index contributed by atoms with van der Waals surface area (Å²) < 4.78 is 0. The number of nitrogens with zero attached hydrogens (tertiary/aromatic N) is 2. The molecule has 0 atom stereocenters. The molecule has 1 aromatic heterocycles. The van der Waals surface area contributed by atoms with E-state index in [0.29, 0.717) is 11.7 Å². The number of aromatic amines is 1. The van der Waals surface area contributed by atoms with Crippen LogP contribution in [0.5, 0.6) is 0 Å². The molecule has 0 spiro atoms. The maximum absolute atomic E-state index is 10.9. The highest BCUT2D eigenvalue weighted by molar-refractivity contribution is 7.80. The average molecular weight is 240 g/mol. The molecule has 1 aromatic rings. The molecule has 0 aromatic carbocycles. The van der Waals surface area contributed by atoms with E-state index in [1.165, 1.54) is 0 Å². The van der Waals surface area contributed by atoms with Crippen molar-refractivity contribution in [2.24, 2.45) is 0 Å². The van der Waals surface area contributed by atoms with Crippen LogP contribution in [0, 0.1) is 0 Å². The summed E-state index contributed by atoms with van der Waals surface area (Å²) in [6.07, 6.45) is 0.734. The molecule has 1 aliphatic rings. The molecule has 0 bridgehead atoms. The standard InChI is InChI=1S/C9H12N4O2S/c1-10-9(16)13-3-2-6-5(4-13)7(8(14)15)12-11-6/h2-4H2,1H3,(H,10,16)(H,11,12)(H,14,15). The first-order valence-corrected chi connectivity index (χ1v) is 5.30. The van der Waals surface area contributed by atoms with E-state index < -0.39 is 5.97 Å². The van der Waals surface area contributed by atoms with Crippen molar-refractivity contribution in [1.29, 1.82) is 0 Å². The fraction of sp³-hybridized carbons (Fsp3) is 0.444. The van der Waals surface area contributed by atoms with Gasteiger partial charge in [-0.1, -0.05) is 0 Å². The van der Waals surface area contributed by atoms with Crippen molar-refractivity contribution in [1.82, 2.24) is 20.4 Å². The Hall–Kier alpha value is -1.63. The monoisotopic (exact) mass is 240 g/mol. The summed E-state index contributed by atoms with van der Waals surface area (Å²) in [7, 11) is 1.76. The molecule has 1 aliphatic heterocycles. The van der Waals surface area contributed by atoms with E-state index in [9.17, 15) is 4.79 Å². The quantitative estimate of drug-likeness (QED) is 0.598. The Labute approximate surface area is 97.6 Å². The van der Waals surface area contributed by atoms with Gasteiger partial charge in [0.1, 0.15) is 0 Å². The molecule has 6 nitrogen and oxygen atoms in total. The second-order valence-electron chi connectivity index (χ2n) is 3.56. The van der Waals surface area contributed by atoms with Gasteiger partial charge in [0.15, 0.2) is 10.8 Å².